The van der Waals surface area contributed by atoms with Gasteiger partial charge in [0.2, 0.25) is 0 Å². The molecule has 6 N–H and O–H groups in total. The van der Waals surface area contributed by atoms with Crippen molar-refractivity contribution < 1.29 is 15.3 Å². The van der Waals surface area contributed by atoms with Crippen LogP contribution in [0.4, 0.5) is 0 Å². The largest absolute Gasteiger partial charge is 0.507 e. The van der Waals surface area contributed by atoms with Gasteiger partial charge in [-0.1, -0.05) is 0 Å². The number of benzene rings is 1. The number of hydrogen-bond acceptors (Lipinski definition) is 4. The minimum absolute atomic E-state index is 0.00898. The first kappa shape index (κ1) is 8.19. The molecule has 0 aliphatic heterocycles. The van der Waals surface area contributed by atoms with E-state index in [1.807, 2.05) is 0 Å². The monoisotopic (exact) mass is 168 g/mol. The molecule has 0 saturated carbocycles. The molecule has 0 fully saturated rings. The van der Waals surface area contributed by atoms with Gasteiger partial charge >= 0.3 is 0 Å². The molecule has 1 rings (SSSR count). The van der Waals surface area contributed by atoms with E-state index < -0.39 is 11.5 Å². The Bertz CT molecular complexity index is 336. The van der Waals surface area contributed by atoms with E-state index >= 15 is 0 Å². The molecule has 0 bridgehead atoms. The van der Waals surface area contributed by atoms with Crippen LogP contribution >= 0.6 is 0 Å². The zero-order valence-corrected chi connectivity index (χ0v) is 6.07. The summed E-state index contributed by atoms with van der Waals surface area (Å²) in [7, 11) is 0. The van der Waals surface area contributed by atoms with Crippen molar-refractivity contribution in [3.63, 3.8) is 0 Å². The van der Waals surface area contributed by atoms with Gasteiger partial charge in [0, 0.05) is 6.07 Å². The van der Waals surface area contributed by atoms with E-state index in [1.165, 1.54) is 0 Å². The van der Waals surface area contributed by atoms with Crippen molar-refractivity contribution in [1.82, 2.24) is 0 Å². The molecule has 0 saturated heterocycles. The van der Waals surface area contributed by atoms with E-state index in [1.54, 1.807) is 0 Å². The summed E-state index contributed by atoms with van der Waals surface area (Å²) in [6.07, 6.45) is 0. The number of rotatable bonds is 1. The molecule has 0 unspecified atom stereocenters. The second-order valence-electron chi connectivity index (χ2n) is 2.27. The van der Waals surface area contributed by atoms with Crippen LogP contribution in [-0.2, 0) is 0 Å². The first-order valence-electron chi connectivity index (χ1n) is 3.11. The van der Waals surface area contributed by atoms with Gasteiger partial charge in [-0.25, -0.2) is 0 Å². The summed E-state index contributed by atoms with van der Waals surface area (Å²) in [6, 6.07) is 1.94. The molecule has 0 heterocycles. The van der Waals surface area contributed by atoms with Crippen molar-refractivity contribution in [1.29, 1.82) is 5.41 Å². The van der Waals surface area contributed by atoms with Gasteiger partial charge in [0.25, 0.3) is 0 Å². The Morgan fingerprint density at radius 1 is 1.08 bits per heavy atom. The van der Waals surface area contributed by atoms with Crippen LogP contribution in [0.5, 0.6) is 17.2 Å². The van der Waals surface area contributed by atoms with Crippen molar-refractivity contribution in [3.05, 3.63) is 17.7 Å². The predicted octanol–water partition coefficient (Wildman–Crippen LogP) is 0.0875. The van der Waals surface area contributed by atoms with Gasteiger partial charge in [-0.05, 0) is 6.07 Å². The predicted molar refractivity (Wildman–Crippen MR) is 42.5 cm³/mol. The minimum atomic E-state index is -0.447. The molecular weight excluding hydrogens is 160 g/mol. The first-order chi connectivity index (χ1) is 5.52. The van der Waals surface area contributed by atoms with E-state index in [4.69, 9.17) is 26.5 Å². The Morgan fingerprint density at radius 3 is 2.08 bits per heavy atom. The van der Waals surface area contributed by atoms with Gasteiger partial charge in [0.15, 0.2) is 11.5 Å². The zero-order valence-electron chi connectivity index (χ0n) is 6.07. The summed E-state index contributed by atoms with van der Waals surface area (Å²) in [6.45, 7) is 0. The Kier molecular flexibility index (Phi) is 1.78. The standard InChI is InChI=1S/C7H8N2O3/c8-7(9)3-1-5(11)6(12)2-4(3)10/h1-2,10-12H,(H3,8,9). The van der Waals surface area contributed by atoms with Crippen LogP contribution < -0.4 is 5.73 Å². The molecule has 64 valence electrons. The average molecular weight is 168 g/mol. The molecule has 5 nitrogen and oxygen atoms in total. The van der Waals surface area contributed by atoms with Crippen LogP contribution in [0.1, 0.15) is 5.56 Å². The highest BCUT2D eigenvalue weighted by Crippen LogP contribution is 2.31. The smallest absolute Gasteiger partial charge is 0.161 e. The summed E-state index contributed by atoms with van der Waals surface area (Å²) in [5.74, 6) is -1.57. The molecule has 0 aliphatic rings. The van der Waals surface area contributed by atoms with Gasteiger partial charge in [0.1, 0.15) is 11.6 Å². The third-order valence-corrected chi connectivity index (χ3v) is 1.38. The second kappa shape index (κ2) is 2.61. The lowest BCUT2D eigenvalue weighted by Crippen LogP contribution is -2.10. The zero-order chi connectivity index (χ0) is 9.30. The number of amidine groups is 1. The molecule has 0 atom stereocenters. The van der Waals surface area contributed by atoms with E-state index in [0.717, 1.165) is 12.1 Å². The molecule has 0 spiro atoms. The van der Waals surface area contributed by atoms with E-state index in [2.05, 4.69) is 0 Å². The third-order valence-electron chi connectivity index (χ3n) is 1.38. The summed E-state index contributed by atoms with van der Waals surface area (Å²) in [5, 5.41) is 33.9. The molecule has 5 heteroatoms. The van der Waals surface area contributed by atoms with Crippen LogP contribution in [0, 0.1) is 5.41 Å². The van der Waals surface area contributed by atoms with Crippen molar-refractivity contribution in [3.8, 4) is 17.2 Å². The summed E-state index contributed by atoms with van der Waals surface area (Å²) < 4.78 is 0. The fraction of sp³-hybridized carbons (Fsp3) is 0. The number of nitrogens with one attached hydrogen (secondary N) is 1. The van der Waals surface area contributed by atoms with E-state index in [9.17, 15) is 0 Å². The molecule has 1 aromatic carbocycles. The van der Waals surface area contributed by atoms with Crippen molar-refractivity contribution in [2.45, 2.75) is 0 Å². The SMILES string of the molecule is N=C(N)c1cc(O)c(O)cc1O. The molecule has 1 aromatic rings. The number of phenolic OH excluding ortho intramolecular Hbond substituents is 3. The van der Waals surface area contributed by atoms with Crippen molar-refractivity contribution in [2.75, 3.05) is 0 Å². The van der Waals surface area contributed by atoms with Crippen molar-refractivity contribution >= 4 is 5.84 Å². The quantitative estimate of drug-likeness (QED) is 0.177. The molecule has 0 amide bonds. The van der Waals surface area contributed by atoms with E-state index in [-0.39, 0.29) is 17.1 Å². The second-order valence-corrected chi connectivity index (χ2v) is 2.27. The highest BCUT2D eigenvalue weighted by Gasteiger charge is 2.09. The number of aromatic hydroxyl groups is 3. The number of nitrogen functional groups attached to an aromatic ring is 1. The number of hydrogen-bond donors (Lipinski definition) is 5. The Balaban J connectivity index is 3.33. The van der Waals surface area contributed by atoms with Crippen molar-refractivity contribution in [2.24, 2.45) is 5.73 Å². The summed E-state index contributed by atoms with van der Waals surface area (Å²) >= 11 is 0. The Morgan fingerprint density at radius 2 is 1.58 bits per heavy atom. The maximum absolute atomic E-state index is 9.09. The highest BCUT2D eigenvalue weighted by molar-refractivity contribution is 5.98. The lowest BCUT2D eigenvalue weighted by Gasteiger charge is -2.03. The fourth-order valence-electron chi connectivity index (χ4n) is 0.782. The fourth-order valence-corrected chi connectivity index (χ4v) is 0.782. The lowest BCUT2D eigenvalue weighted by molar-refractivity contribution is 0.396. The van der Waals surface area contributed by atoms with Gasteiger partial charge in [-0.15, -0.1) is 0 Å². The first-order valence-corrected chi connectivity index (χ1v) is 3.11. The van der Waals surface area contributed by atoms with Crippen LogP contribution in [0.2, 0.25) is 0 Å². The average Bonchev–Trinajstić information content (AvgIpc) is 1.96. The summed E-state index contributed by atoms with van der Waals surface area (Å²) in [4.78, 5) is 0. The normalized spacial score (nSPS) is 9.67. The van der Waals surface area contributed by atoms with E-state index in [0.29, 0.717) is 0 Å². The number of nitrogens with two attached hydrogens (primary N) is 1. The molecular formula is C7H8N2O3. The maximum Gasteiger partial charge on any atom is 0.161 e. The van der Waals surface area contributed by atoms with Crippen LogP contribution in [0.3, 0.4) is 0 Å². The van der Waals surface area contributed by atoms with Gasteiger partial charge < -0.3 is 21.1 Å². The lowest BCUT2D eigenvalue weighted by atomic mass is 10.1. The van der Waals surface area contributed by atoms with Gasteiger partial charge in [-0.2, -0.15) is 0 Å². The third kappa shape index (κ3) is 1.24. The van der Waals surface area contributed by atoms with Gasteiger partial charge in [0.05, 0.1) is 5.56 Å². The number of phenols is 3. The Labute approximate surface area is 68.2 Å². The molecule has 12 heavy (non-hydrogen) atoms. The molecule has 0 aliphatic carbocycles. The Hall–Kier alpha value is -1.91. The summed E-state index contributed by atoms with van der Waals surface area (Å²) in [5.41, 5.74) is 5.06. The van der Waals surface area contributed by atoms with Crippen LogP contribution in [-0.4, -0.2) is 21.2 Å². The molecule has 0 radical (unpaired) electrons. The van der Waals surface area contributed by atoms with Crippen LogP contribution in [0.15, 0.2) is 12.1 Å². The minimum Gasteiger partial charge on any atom is -0.507 e. The highest BCUT2D eigenvalue weighted by atomic mass is 16.3. The topological polar surface area (TPSA) is 111 Å². The maximum atomic E-state index is 9.09. The van der Waals surface area contributed by atoms with Gasteiger partial charge in [-0.3, -0.25) is 5.41 Å². The van der Waals surface area contributed by atoms with Crippen LogP contribution in [0.25, 0.3) is 0 Å². The molecule has 0 aromatic heterocycles.